The fourth-order valence-corrected chi connectivity index (χ4v) is 3.41. The number of benzene rings is 2. The summed E-state index contributed by atoms with van der Waals surface area (Å²) < 4.78 is 63.5. The minimum atomic E-state index is -4.57. The summed E-state index contributed by atoms with van der Waals surface area (Å²) in [5.41, 5.74) is -0.411. The first-order valence-electron chi connectivity index (χ1n) is 8.07. The van der Waals surface area contributed by atoms with Gasteiger partial charge in [-0.3, -0.25) is 9.10 Å². The summed E-state index contributed by atoms with van der Waals surface area (Å²) in [5.74, 6) is -0.307. The van der Waals surface area contributed by atoms with Crippen LogP contribution < -0.4 is 9.62 Å². The van der Waals surface area contributed by atoms with Crippen molar-refractivity contribution in [3.8, 4) is 0 Å². The summed E-state index contributed by atoms with van der Waals surface area (Å²) in [5, 5.41) is 2.67. The number of nitrogens with zero attached hydrogens (tertiary/aromatic N) is 1. The molecule has 1 N–H and O–H groups in total. The molecule has 0 bridgehead atoms. The first-order chi connectivity index (χ1) is 12.6. The van der Waals surface area contributed by atoms with E-state index in [1.165, 1.54) is 6.07 Å². The molecule has 0 aliphatic rings. The highest BCUT2D eigenvalue weighted by Crippen LogP contribution is 2.32. The van der Waals surface area contributed by atoms with Gasteiger partial charge in [0.25, 0.3) is 0 Å². The maximum absolute atomic E-state index is 12.9. The molecule has 0 unspecified atom stereocenters. The molecule has 0 radical (unpaired) electrons. The van der Waals surface area contributed by atoms with E-state index in [-0.39, 0.29) is 31.0 Å². The van der Waals surface area contributed by atoms with E-state index in [1.54, 1.807) is 30.3 Å². The van der Waals surface area contributed by atoms with Crippen molar-refractivity contribution in [1.29, 1.82) is 0 Å². The van der Waals surface area contributed by atoms with Gasteiger partial charge in [-0.2, -0.15) is 13.2 Å². The molecule has 0 aliphatic heterocycles. The van der Waals surface area contributed by atoms with Crippen LogP contribution in [0.25, 0.3) is 0 Å². The van der Waals surface area contributed by atoms with Gasteiger partial charge in [0.1, 0.15) is 0 Å². The molecule has 5 nitrogen and oxygen atoms in total. The molecule has 9 heteroatoms. The smallest absolute Gasteiger partial charge is 0.326 e. The van der Waals surface area contributed by atoms with Gasteiger partial charge in [-0.1, -0.05) is 24.3 Å². The van der Waals surface area contributed by atoms with Crippen LogP contribution in [0.3, 0.4) is 0 Å². The summed E-state index contributed by atoms with van der Waals surface area (Å²) in [6.45, 7) is -0.109. The second kappa shape index (κ2) is 8.43. The normalized spacial score (nSPS) is 11.9. The first-order valence-corrected chi connectivity index (χ1v) is 9.92. The summed E-state index contributed by atoms with van der Waals surface area (Å²) in [6.07, 6.45) is -3.48. The Kier molecular flexibility index (Phi) is 6.48. The van der Waals surface area contributed by atoms with Gasteiger partial charge in [0.15, 0.2) is 0 Å². The fraction of sp³-hybridized carbons (Fsp3) is 0.278. The molecule has 0 spiro atoms. The van der Waals surface area contributed by atoms with Gasteiger partial charge < -0.3 is 5.32 Å². The Morgan fingerprint density at radius 1 is 1.07 bits per heavy atom. The number of hydrogen-bond donors (Lipinski definition) is 1. The largest absolute Gasteiger partial charge is 0.416 e. The van der Waals surface area contributed by atoms with Gasteiger partial charge in [0.2, 0.25) is 15.9 Å². The Labute approximate surface area is 155 Å². The molecule has 0 saturated carbocycles. The molecule has 0 fully saturated rings. The lowest BCUT2D eigenvalue weighted by Gasteiger charge is -2.23. The zero-order valence-electron chi connectivity index (χ0n) is 14.5. The van der Waals surface area contributed by atoms with E-state index in [0.717, 1.165) is 28.8 Å². The molecule has 2 aromatic carbocycles. The molecule has 0 aliphatic carbocycles. The fourth-order valence-electron chi connectivity index (χ4n) is 2.45. The van der Waals surface area contributed by atoms with E-state index >= 15 is 0 Å². The molecule has 2 aromatic rings. The van der Waals surface area contributed by atoms with Crippen molar-refractivity contribution in [3.05, 3.63) is 60.2 Å². The number of para-hydroxylation sites is 1. The minimum absolute atomic E-state index is 0.0277. The minimum Gasteiger partial charge on any atom is -0.326 e. The number of sulfonamides is 1. The van der Waals surface area contributed by atoms with E-state index in [9.17, 15) is 26.4 Å². The quantitative estimate of drug-likeness (QED) is 0.767. The molecule has 146 valence electrons. The number of halogens is 3. The number of amides is 1. The molecule has 0 aromatic heterocycles. The average Bonchev–Trinajstić information content (AvgIpc) is 2.58. The third-order valence-corrected chi connectivity index (χ3v) is 4.88. The molecule has 1 amide bonds. The summed E-state index contributed by atoms with van der Waals surface area (Å²) in [7, 11) is -3.80. The Morgan fingerprint density at radius 3 is 2.33 bits per heavy atom. The summed E-state index contributed by atoms with van der Waals surface area (Å²) in [6, 6.07) is 12.8. The standard InChI is InChI=1S/C18H19F3N2O3S/c1-27(25,26)23(16-10-5-7-14(13-16)18(19,20)21)12-6-11-17(24)22-15-8-3-2-4-9-15/h2-5,7-10,13H,6,11-12H2,1H3,(H,22,24). The molecule has 0 heterocycles. The highest BCUT2D eigenvalue weighted by molar-refractivity contribution is 7.92. The lowest BCUT2D eigenvalue weighted by Crippen LogP contribution is -2.31. The Hall–Kier alpha value is -2.55. The van der Waals surface area contributed by atoms with Crippen molar-refractivity contribution in [1.82, 2.24) is 0 Å². The van der Waals surface area contributed by atoms with Crippen molar-refractivity contribution in [2.24, 2.45) is 0 Å². The molecule has 0 atom stereocenters. The van der Waals surface area contributed by atoms with Crippen LogP contribution in [0, 0.1) is 0 Å². The van der Waals surface area contributed by atoms with Crippen LogP contribution >= 0.6 is 0 Å². The van der Waals surface area contributed by atoms with Crippen LogP contribution in [0.5, 0.6) is 0 Å². The van der Waals surface area contributed by atoms with Gasteiger partial charge in [-0.05, 0) is 36.8 Å². The predicted molar refractivity (Wildman–Crippen MR) is 97.9 cm³/mol. The van der Waals surface area contributed by atoms with Crippen LogP contribution in [0.4, 0.5) is 24.5 Å². The van der Waals surface area contributed by atoms with Crippen LogP contribution in [-0.2, 0) is 21.0 Å². The molecular formula is C18H19F3N2O3S. The summed E-state index contributed by atoms with van der Waals surface area (Å²) >= 11 is 0. The highest BCUT2D eigenvalue weighted by Gasteiger charge is 2.31. The molecule has 27 heavy (non-hydrogen) atoms. The number of carbonyl (C=O) groups excluding carboxylic acids is 1. The number of hydrogen-bond acceptors (Lipinski definition) is 3. The van der Waals surface area contributed by atoms with Crippen molar-refractivity contribution in [3.63, 3.8) is 0 Å². The van der Waals surface area contributed by atoms with Crippen LogP contribution in [0.1, 0.15) is 18.4 Å². The molecule has 0 saturated heterocycles. The molecular weight excluding hydrogens is 381 g/mol. The third-order valence-electron chi connectivity index (χ3n) is 3.68. The van der Waals surface area contributed by atoms with E-state index in [4.69, 9.17) is 0 Å². The van der Waals surface area contributed by atoms with E-state index in [1.807, 2.05) is 0 Å². The van der Waals surface area contributed by atoms with E-state index in [2.05, 4.69) is 5.32 Å². The van der Waals surface area contributed by atoms with Gasteiger partial charge in [-0.15, -0.1) is 0 Å². The van der Waals surface area contributed by atoms with Crippen LogP contribution in [0.2, 0.25) is 0 Å². The number of anilines is 2. The van der Waals surface area contributed by atoms with E-state index in [0.29, 0.717) is 5.69 Å². The number of carbonyl (C=O) groups is 1. The lowest BCUT2D eigenvalue weighted by atomic mass is 10.2. The van der Waals surface area contributed by atoms with Crippen LogP contribution in [-0.4, -0.2) is 27.1 Å². The highest BCUT2D eigenvalue weighted by atomic mass is 32.2. The van der Waals surface area contributed by atoms with Crippen molar-refractivity contribution < 1.29 is 26.4 Å². The SMILES string of the molecule is CS(=O)(=O)N(CCCC(=O)Nc1ccccc1)c1cccc(C(F)(F)F)c1. The summed E-state index contributed by atoms with van der Waals surface area (Å²) in [4.78, 5) is 11.9. The Morgan fingerprint density at radius 2 is 1.74 bits per heavy atom. The van der Waals surface area contributed by atoms with Crippen LogP contribution in [0.15, 0.2) is 54.6 Å². The number of rotatable bonds is 7. The van der Waals surface area contributed by atoms with Gasteiger partial charge in [0.05, 0.1) is 17.5 Å². The zero-order chi connectivity index (χ0) is 20.1. The van der Waals surface area contributed by atoms with E-state index < -0.39 is 21.8 Å². The van der Waals surface area contributed by atoms with Gasteiger partial charge in [-0.25, -0.2) is 8.42 Å². The second-order valence-corrected chi connectivity index (χ2v) is 7.81. The second-order valence-electron chi connectivity index (χ2n) is 5.90. The molecule has 2 rings (SSSR count). The topological polar surface area (TPSA) is 66.5 Å². The predicted octanol–water partition coefficient (Wildman–Crippen LogP) is 3.89. The lowest BCUT2D eigenvalue weighted by molar-refractivity contribution is -0.137. The van der Waals surface area contributed by atoms with Crippen molar-refractivity contribution >= 4 is 27.3 Å². The van der Waals surface area contributed by atoms with Crippen molar-refractivity contribution in [2.75, 3.05) is 22.4 Å². The zero-order valence-corrected chi connectivity index (χ0v) is 15.3. The Balaban J connectivity index is 2.05. The maximum Gasteiger partial charge on any atom is 0.416 e. The third kappa shape index (κ3) is 6.28. The van der Waals surface area contributed by atoms with Gasteiger partial charge in [0, 0.05) is 18.7 Å². The van der Waals surface area contributed by atoms with Gasteiger partial charge >= 0.3 is 6.18 Å². The number of alkyl halides is 3. The first kappa shape index (κ1) is 20.8. The maximum atomic E-state index is 12.9. The Bertz CT molecular complexity index is 884. The average molecular weight is 400 g/mol. The monoisotopic (exact) mass is 400 g/mol. The number of nitrogens with one attached hydrogen (secondary N) is 1. The van der Waals surface area contributed by atoms with Crippen molar-refractivity contribution in [2.45, 2.75) is 19.0 Å².